The molecule has 4 aromatic rings. The van der Waals surface area contributed by atoms with Crippen molar-refractivity contribution >= 4 is 11.6 Å². The first-order valence-corrected chi connectivity index (χ1v) is 10.0. The largest absolute Gasteiger partial charge is 0.319 e. The molecule has 5 nitrogen and oxygen atoms in total. The molecule has 0 atom stereocenters. The second-order valence-corrected chi connectivity index (χ2v) is 7.69. The molecule has 1 amide bonds. The van der Waals surface area contributed by atoms with Gasteiger partial charge in [-0.1, -0.05) is 30.3 Å². The van der Waals surface area contributed by atoms with E-state index in [4.69, 9.17) is 0 Å². The number of anilines is 1. The number of aromatic nitrogens is 3. The molecule has 0 saturated carbocycles. The molecule has 3 aromatic carbocycles. The summed E-state index contributed by atoms with van der Waals surface area (Å²) in [5.41, 5.74) is 6.20. The average Bonchev–Trinajstić information content (AvgIpc) is 3.18. The minimum Gasteiger partial charge on any atom is -0.319 e. The smallest absolute Gasteiger partial charge is 0.295 e. The monoisotopic (exact) mass is 414 g/mol. The summed E-state index contributed by atoms with van der Waals surface area (Å²) in [6.45, 7) is 7.84. The van der Waals surface area contributed by atoms with Gasteiger partial charge in [-0.05, 0) is 80.3 Å². The van der Waals surface area contributed by atoms with Gasteiger partial charge in [0, 0.05) is 11.3 Å². The summed E-state index contributed by atoms with van der Waals surface area (Å²) in [5, 5.41) is 7.47. The molecule has 0 aliphatic heterocycles. The Labute approximate surface area is 180 Å². The second-order valence-electron chi connectivity index (χ2n) is 7.69. The minimum atomic E-state index is -0.398. The van der Waals surface area contributed by atoms with Gasteiger partial charge >= 0.3 is 0 Å². The third kappa shape index (κ3) is 4.10. The van der Waals surface area contributed by atoms with Gasteiger partial charge in [-0.25, -0.2) is 14.1 Å². The summed E-state index contributed by atoms with van der Waals surface area (Å²) in [4.78, 5) is 17.6. The highest BCUT2D eigenvalue weighted by Gasteiger charge is 2.21. The van der Waals surface area contributed by atoms with Gasteiger partial charge in [0.25, 0.3) is 5.91 Å². The lowest BCUT2D eigenvalue weighted by Crippen LogP contribution is -2.16. The highest BCUT2D eigenvalue weighted by atomic mass is 19.1. The molecule has 31 heavy (non-hydrogen) atoms. The fourth-order valence-electron chi connectivity index (χ4n) is 3.49. The van der Waals surface area contributed by atoms with Gasteiger partial charge in [-0.15, -0.1) is 5.10 Å². The number of carbonyl (C=O) groups excluding carboxylic acids is 1. The summed E-state index contributed by atoms with van der Waals surface area (Å²) in [6.07, 6.45) is 0. The number of para-hydroxylation sites is 1. The standard InChI is InChI=1S/C25H23FN4O/c1-15-8-9-16(2)21(14-15)30-24(19-10-12-20(26)13-11-19)28-23(29-30)25(31)27-22-17(3)6-5-7-18(22)4/h5-14H,1-4H3,(H,27,31). The van der Waals surface area contributed by atoms with E-state index in [0.717, 1.165) is 33.6 Å². The summed E-state index contributed by atoms with van der Waals surface area (Å²) in [6, 6.07) is 17.8. The molecule has 0 fully saturated rings. The van der Waals surface area contributed by atoms with E-state index in [1.54, 1.807) is 16.8 Å². The van der Waals surface area contributed by atoms with Crippen molar-refractivity contribution in [3.05, 3.63) is 94.6 Å². The van der Waals surface area contributed by atoms with Crippen LogP contribution in [0.5, 0.6) is 0 Å². The zero-order valence-electron chi connectivity index (χ0n) is 17.9. The van der Waals surface area contributed by atoms with Gasteiger partial charge < -0.3 is 5.32 Å². The Hall–Kier alpha value is -3.80. The van der Waals surface area contributed by atoms with E-state index in [-0.39, 0.29) is 11.6 Å². The summed E-state index contributed by atoms with van der Waals surface area (Å²) in [5.74, 6) is -0.220. The molecular weight excluding hydrogens is 391 g/mol. The molecule has 6 heteroatoms. The molecule has 1 heterocycles. The SMILES string of the molecule is Cc1ccc(C)c(-n2nc(C(=O)Nc3c(C)cccc3C)nc2-c2ccc(F)cc2)c1. The van der Waals surface area contributed by atoms with Crippen LogP contribution < -0.4 is 5.32 Å². The van der Waals surface area contributed by atoms with Gasteiger partial charge in [-0.2, -0.15) is 0 Å². The van der Waals surface area contributed by atoms with E-state index in [2.05, 4.69) is 15.4 Å². The first kappa shape index (κ1) is 20.5. The quantitative estimate of drug-likeness (QED) is 0.476. The molecule has 0 radical (unpaired) electrons. The molecule has 0 unspecified atom stereocenters. The summed E-state index contributed by atoms with van der Waals surface area (Å²) >= 11 is 0. The van der Waals surface area contributed by atoms with E-state index in [1.165, 1.54) is 12.1 Å². The Balaban J connectivity index is 1.82. The van der Waals surface area contributed by atoms with Gasteiger partial charge in [0.2, 0.25) is 5.82 Å². The lowest BCUT2D eigenvalue weighted by atomic mass is 10.1. The molecule has 0 aliphatic rings. The van der Waals surface area contributed by atoms with E-state index in [0.29, 0.717) is 11.4 Å². The Bertz CT molecular complexity index is 1260. The highest BCUT2D eigenvalue weighted by Crippen LogP contribution is 2.25. The maximum Gasteiger partial charge on any atom is 0.295 e. The molecule has 0 saturated heterocycles. The van der Waals surface area contributed by atoms with Crippen LogP contribution >= 0.6 is 0 Å². The molecule has 156 valence electrons. The highest BCUT2D eigenvalue weighted by molar-refractivity contribution is 6.02. The van der Waals surface area contributed by atoms with Crippen LogP contribution in [0.25, 0.3) is 17.1 Å². The zero-order valence-corrected chi connectivity index (χ0v) is 17.9. The predicted octanol–water partition coefficient (Wildman–Crippen LogP) is 5.56. The maximum atomic E-state index is 13.5. The number of amides is 1. The van der Waals surface area contributed by atoms with E-state index >= 15 is 0 Å². The third-order valence-electron chi connectivity index (χ3n) is 5.23. The molecule has 1 N–H and O–H groups in total. The van der Waals surface area contributed by atoms with Crippen molar-refractivity contribution in [2.24, 2.45) is 0 Å². The zero-order chi connectivity index (χ0) is 22.1. The third-order valence-corrected chi connectivity index (χ3v) is 5.23. The number of carbonyl (C=O) groups is 1. The number of halogens is 1. The summed E-state index contributed by atoms with van der Waals surface area (Å²) in [7, 11) is 0. The van der Waals surface area contributed by atoms with Crippen LogP contribution in [0.2, 0.25) is 0 Å². The predicted molar refractivity (Wildman–Crippen MR) is 120 cm³/mol. The first-order chi connectivity index (χ1) is 14.8. The Kier molecular flexibility index (Phi) is 5.38. The van der Waals surface area contributed by atoms with Crippen LogP contribution in [0.4, 0.5) is 10.1 Å². The molecule has 1 aromatic heterocycles. The Morgan fingerprint density at radius 2 is 1.58 bits per heavy atom. The number of benzene rings is 3. The van der Waals surface area contributed by atoms with Crippen LogP contribution in [0.1, 0.15) is 32.9 Å². The van der Waals surface area contributed by atoms with E-state index < -0.39 is 5.91 Å². The molecule has 0 aliphatic carbocycles. The van der Waals surface area contributed by atoms with Crippen LogP contribution in [-0.2, 0) is 0 Å². The van der Waals surface area contributed by atoms with Crippen molar-refractivity contribution in [2.45, 2.75) is 27.7 Å². The first-order valence-electron chi connectivity index (χ1n) is 10.0. The minimum absolute atomic E-state index is 0.0443. The maximum absolute atomic E-state index is 13.5. The average molecular weight is 414 g/mol. The lowest BCUT2D eigenvalue weighted by Gasteiger charge is -2.10. The fourth-order valence-corrected chi connectivity index (χ4v) is 3.49. The number of hydrogen-bond donors (Lipinski definition) is 1. The van der Waals surface area contributed by atoms with Crippen LogP contribution in [0, 0.1) is 33.5 Å². The van der Waals surface area contributed by atoms with Crippen molar-refractivity contribution in [3.8, 4) is 17.1 Å². The van der Waals surface area contributed by atoms with Crippen LogP contribution in [0.3, 0.4) is 0 Å². The van der Waals surface area contributed by atoms with Gasteiger partial charge in [0.1, 0.15) is 5.82 Å². The molecule has 4 rings (SSSR count). The van der Waals surface area contributed by atoms with Crippen molar-refractivity contribution in [1.29, 1.82) is 0 Å². The van der Waals surface area contributed by atoms with Crippen molar-refractivity contribution in [1.82, 2.24) is 14.8 Å². The number of hydrogen-bond acceptors (Lipinski definition) is 3. The number of nitrogens with one attached hydrogen (secondary N) is 1. The van der Waals surface area contributed by atoms with Crippen molar-refractivity contribution in [2.75, 3.05) is 5.32 Å². The summed E-state index contributed by atoms with van der Waals surface area (Å²) < 4.78 is 15.1. The number of aryl methyl sites for hydroxylation is 4. The number of rotatable bonds is 4. The second kappa shape index (κ2) is 8.14. The lowest BCUT2D eigenvalue weighted by molar-refractivity contribution is 0.101. The van der Waals surface area contributed by atoms with Gasteiger partial charge in [0.15, 0.2) is 5.82 Å². The normalized spacial score (nSPS) is 10.9. The molecule has 0 spiro atoms. The van der Waals surface area contributed by atoms with Crippen molar-refractivity contribution in [3.63, 3.8) is 0 Å². The van der Waals surface area contributed by atoms with E-state index in [9.17, 15) is 9.18 Å². The Morgan fingerprint density at radius 3 is 2.26 bits per heavy atom. The molecule has 0 bridgehead atoms. The Morgan fingerprint density at radius 1 is 0.903 bits per heavy atom. The fraction of sp³-hybridized carbons (Fsp3) is 0.160. The number of nitrogens with zero attached hydrogens (tertiary/aromatic N) is 3. The van der Waals surface area contributed by atoms with Gasteiger partial charge in [0.05, 0.1) is 5.69 Å². The van der Waals surface area contributed by atoms with E-state index in [1.807, 2.05) is 64.1 Å². The topological polar surface area (TPSA) is 59.8 Å². The molecular formula is C25H23FN4O. The van der Waals surface area contributed by atoms with Crippen LogP contribution in [-0.4, -0.2) is 20.7 Å². The van der Waals surface area contributed by atoms with Crippen molar-refractivity contribution < 1.29 is 9.18 Å². The van der Waals surface area contributed by atoms with Crippen LogP contribution in [0.15, 0.2) is 60.7 Å². The van der Waals surface area contributed by atoms with Gasteiger partial charge in [-0.3, -0.25) is 4.79 Å².